The van der Waals surface area contributed by atoms with Crippen LogP contribution < -0.4 is 10.2 Å². The minimum absolute atomic E-state index is 0.00724. The number of alkyl halides is 3. The lowest BCUT2D eigenvalue weighted by Gasteiger charge is -2.34. The van der Waals surface area contributed by atoms with E-state index in [1.807, 2.05) is 25.9 Å². The van der Waals surface area contributed by atoms with Crippen molar-refractivity contribution < 1.29 is 32.5 Å². The molecule has 5 rings (SSSR count). The standard InChI is InChI=1S/C33H36ClF3N10O4/c1-5-45(15-14-43(2)3)31(49)20-10-12-46(13-11-20)32(50)23-8-6-21(16-25(23)34)40-30(48)29-39-18-26(44(29)4)24-19-47(41-28(24)33(35,36)37)27-9-7-22(42-51)17-38-27/h6-9,16-20H,5,10-15H2,1-4H3,(H,40,48)/p+1. The molecule has 4 heterocycles. The number of hydrogen-bond acceptors (Lipinski definition) is 8. The second-order valence-corrected chi connectivity index (χ2v) is 12.8. The van der Waals surface area contributed by atoms with Gasteiger partial charge in [0.1, 0.15) is 5.69 Å². The zero-order valence-electron chi connectivity index (χ0n) is 28.4. The summed E-state index contributed by atoms with van der Waals surface area (Å²) < 4.78 is 44.2. The Bertz CT molecular complexity index is 1920. The first kappa shape index (κ1) is 37.1. The molecule has 3 aromatic heterocycles. The van der Waals surface area contributed by atoms with Crippen LogP contribution in [0.2, 0.25) is 5.02 Å². The number of nitrogens with one attached hydrogen (secondary N) is 2. The first-order valence-electron chi connectivity index (χ1n) is 16.2. The van der Waals surface area contributed by atoms with Gasteiger partial charge >= 0.3 is 6.18 Å². The van der Waals surface area contributed by atoms with Crippen LogP contribution in [0.4, 0.5) is 24.5 Å². The van der Waals surface area contributed by atoms with E-state index in [-0.39, 0.29) is 62.6 Å². The number of amides is 3. The van der Waals surface area contributed by atoms with Gasteiger partial charge in [-0.1, -0.05) is 11.6 Å². The molecule has 1 aliphatic heterocycles. The molecule has 0 bridgehead atoms. The molecule has 18 heteroatoms. The maximum absolute atomic E-state index is 14.0. The predicted molar refractivity (Wildman–Crippen MR) is 182 cm³/mol. The molecule has 0 radical (unpaired) electrons. The number of halogens is 4. The zero-order chi connectivity index (χ0) is 37.0. The number of nitrogens with zero attached hydrogens (tertiary/aromatic N) is 8. The number of anilines is 1. The second kappa shape index (κ2) is 15.4. The molecular weight excluding hydrogens is 693 g/mol. The van der Waals surface area contributed by atoms with E-state index in [4.69, 9.17) is 11.6 Å². The van der Waals surface area contributed by atoms with Gasteiger partial charge in [-0.3, -0.25) is 14.4 Å². The first-order chi connectivity index (χ1) is 24.2. The zero-order valence-corrected chi connectivity index (χ0v) is 29.1. The van der Waals surface area contributed by atoms with Gasteiger partial charge in [-0.15, -0.1) is 4.91 Å². The second-order valence-electron chi connectivity index (χ2n) is 12.4. The van der Waals surface area contributed by atoms with Crippen molar-refractivity contribution in [3.05, 3.63) is 75.9 Å². The SMILES string of the molecule is CCN(CC[NH+](C)C)C(=O)C1CCN(C(=O)c2ccc(NC(=O)c3ncc(-c4cn(-c5ccc(N=O)cn5)nc4C(F)(F)F)n3C)cc2Cl)CC1. The summed E-state index contributed by atoms with van der Waals surface area (Å²) >= 11 is 6.49. The Labute approximate surface area is 296 Å². The summed E-state index contributed by atoms with van der Waals surface area (Å²) in [4.78, 5) is 63.1. The highest BCUT2D eigenvalue weighted by Crippen LogP contribution is 2.37. The number of hydrogen-bond donors (Lipinski definition) is 2. The number of aromatic nitrogens is 5. The van der Waals surface area contributed by atoms with Crippen LogP contribution in [0, 0.1) is 10.8 Å². The number of carbonyl (C=O) groups excluding carboxylic acids is 3. The molecule has 51 heavy (non-hydrogen) atoms. The van der Waals surface area contributed by atoms with Crippen molar-refractivity contribution in [3.63, 3.8) is 0 Å². The molecule has 0 unspecified atom stereocenters. The molecule has 0 spiro atoms. The highest BCUT2D eigenvalue weighted by atomic mass is 35.5. The van der Waals surface area contributed by atoms with Crippen LogP contribution in [0.25, 0.3) is 17.1 Å². The molecule has 0 saturated carbocycles. The molecule has 2 N–H and O–H groups in total. The summed E-state index contributed by atoms with van der Waals surface area (Å²) in [6.45, 7) is 4.92. The van der Waals surface area contributed by atoms with Crippen LogP contribution in [0.1, 0.15) is 46.4 Å². The van der Waals surface area contributed by atoms with Crippen molar-refractivity contribution in [1.82, 2.24) is 34.1 Å². The maximum Gasteiger partial charge on any atom is 0.435 e. The average Bonchev–Trinajstić information content (AvgIpc) is 3.72. The number of carbonyl (C=O) groups is 3. The Morgan fingerprint density at radius 1 is 1.10 bits per heavy atom. The van der Waals surface area contributed by atoms with E-state index in [0.717, 1.165) is 29.8 Å². The summed E-state index contributed by atoms with van der Waals surface area (Å²) in [5, 5.41) is 9.10. The first-order valence-corrected chi connectivity index (χ1v) is 16.6. The van der Waals surface area contributed by atoms with Crippen LogP contribution in [-0.2, 0) is 18.0 Å². The molecule has 1 saturated heterocycles. The topological polar surface area (TPSA) is 152 Å². The smallest absolute Gasteiger partial charge is 0.339 e. The molecule has 1 aromatic carbocycles. The Balaban J connectivity index is 1.26. The summed E-state index contributed by atoms with van der Waals surface area (Å²) in [6, 6.07) is 6.96. The summed E-state index contributed by atoms with van der Waals surface area (Å²) in [7, 11) is 5.46. The Hall–Kier alpha value is -5.16. The maximum atomic E-state index is 14.0. The minimum atomic E-state index is -4.86. The number of pyridine rings is 1. The molecule has 270 valence electrons. The van der Waals surface area contributed by atoms with E-state index < -0.39 is 17.8 Å². The Morgan fingerprint density at radius 2 is 1.82 bits per heavy atom. The van der Waals surface area contributed by atoms with Crippen molar-refractivity contribution in [2.75, 3.05) is 52.1 Å². The minimum Gasteiger partial charge on any atom is -0.339 e. The summed E-state index contributed by atoms with van der Waals surface area (Å²) in [6.07, 6.45) is -0.456. The molecule has 4 aromatic rings. The molecular formula is C33H37ClF3N10O4+. The highest BCUT2D eigenvalue weighted by Gasteiger charge is 2.39. The van der Waals surface area contributed by atoms with E-state index in [2.05, 4.69) is 25.6 Å². The number of quaternary nitrogens is 1. The van der Waals surface area contributed by atoms with Gasteiger partial charge in [0.15, 0.2) is 17.3 Å². The van der Waals surface area contributed by atoms with Gasteiger partial charge in [0, 0.05) is 44.5 Å². The third-order valence-electron chi connectivity index (χ3n) is 8.69. The highest BCUT2D eigenvalue weighted by molar-refractivity contribution is 6.34. The van der Waals surface area contributed by atoms with Gasteiger partial charge in [-0.05, 0) is 55.3 Å². The number of rotatable bonds is 11. The quantitative estimate of drug-likeness (QED) is 0.223. The van der Waals surface area contributed by atoms with Crippen molar-refractivity contribution in [1.29, 1.82) is 0 Å². The van der Waals surface area contributed by atoms with Crippen molar-refractivity contribution in [2.24, 2.45) is 18.1 Å². The average molecular weight is 730 g/mol. The summed E-state index contributed by atoms with van der Waals surface area (Å²) in [5.41, 5.74) is -1.19. The van der Waals surface area contributed by atoms with Gasteiger partial charge < -0.3 is 24.6 Å². The van der Waals surface area contributed by atoms with Gasteiger partial charge in [0.05, 0.1) is 61.4 Å². The van der Waals surface area contributed by atoms with E-state index in [0.29, 0.717) is 39.0 Å². The fourth-order valence-electron chi connectivity index (χ4n) is 5.82. The van der Waals surface area contributed by atoms with E-state index >= 15 is 0 Å². The van der Waals surface area contributed by atoms with E-state index in [9.17, 15) is 32.5 Å². The van der Waals surface area contributed by atoms with Crippen molar-refractivity contribution in [3.8, 4) is 17.1 Å². The number of likely N-dealkylation sites (N-methyl/N-ethyl adjacent to an activating group) is 2. The molecule has 0 aliphatic carbocycles. The molecule has 1 aliphatic rings. The van der Waals surface area contributed by atoms with Crippen LogP contribution in [0.5, 0.6) is 0 Å². The van der Waals surface area contributed by atoms with Crippen molar-refractivity contribution >= 4 is 40.7 Å². The van der Waals surface area contributed by atoms with Crippen LogP contribution >= 0.6 is 11.6 Å². The van der Waals surface area contributed by atoms with Crippen LogP contribution in [-0.4, -0.2) is 98.7 Å². The van der Waals surface area contributed by atoms with E-state index in [1.54, 1.807) is 4.90 Å². The fraction of sp³-hybridized carbons (Fsp3) is 0.394. The number of benzene rings is 1. The Kier molecular flexibility index (Phi) is 11.2. The Morgan fingerprint density at radius 3 is 2.41 bits per heavy atom. The molecule has 3 amide bonds. The van der Waals surface area contributed by atoms with Crippen molar-refractivity contribution in [2.45, 2.75) is 25.9 Å². The number of imidazole rings is 1. The number of piperidine rings is 1. The lowest BCUT2D eigenvalue weighted by atomic mass is 9.94. The molecule has 14 nitrogen and oxygen atoms in total. The summed E-state index contributed by atoms with van der Waals surface area (Å²) in [5.74, 6) is -1.28. The lowest BCUT2D eigenvalue weighted by Crippen LogP contribution is -3.06. The normalized spacial score (nSPS) is 13.8. The van der Waals surface area contributed by atoms with Gasteiger partial charge in [-0.2, -0.15) is 18.3 Å². The predicted octanol–water partition coefficient (Wildman–Crippen LogP) is 3.84. The fourth-order valence-corrected chi connectivity index (χ4v) is 6.08. The number of nitroso groups, excluding NO2 is 1. The molecule has 0 atom stereocenters. The monoisotopic (exact) mass is 729 g/mol. The van der Waals surface area contributed by atoms with Crippen LogP contribution in [0.3, 0.4) is 0 Å². The lowest BCUT2D eigenvalue weighted by molar-refractivity contribution is -0.857. The van der Waals surface area contributed by atoms with Gasteiger partial charge in [0.25, 0.3) is 11.8 Å². The number of likely N-dealkylation sites (tertiary alicyclic amines) is 1. The van der Waals surface area contributed by atoms with Crippen LogP contribution in [0.15, 0.2) is 54.1 Å². The van der Waals surface area contributed by atoms with E-state index in [1.165, 1.54) is 46.8 Å². The molecule has 1 fully saturated rings. The van der Waals surface area contributed by atoms with Gasteiger partial charge in [-0.25, -0.2) is 14.6 Å². The third-order valence-corrected chi connectivity index (χ3v) is 9.00. The largest absolute Gasteiger partial charge is 0.435 e. The van der Waals surface area contributed by atoms with Gasteiger partial charge in [0.2, 0.25) is 5.91 Å². The third kappa shape index (κ3) is 8.26.